The zero-order valence-electron chi connectivity index (χ0n) is 16.5. The summed E-state index contributed by atoms with van der Waals surface area (Å²) in [4.78, 5) is 46.7. The van der Waals surface area contributed by atoms with Crippen molar-refractivity contribution in [1.82, 2.24) is 10.6 Å². The molecule has 0 atom stereocenters. The average Bonchev–Trinajstić information content (AvgIpc) is 2.75. The molecule has 0 saturated carbocycles. The van der Waals surface area contributed by atoms with Crippen LogP contribution in [0.4, 0.5) is 0 Å². The Labute approximate surface area is 174 Å². The van der Waals surface area contributed by atoms with Crippen LogP contribution in [0.2, 0.25) is 0 Å². The fourth-order valence-electron chi connectivity index (χ4n) is 2.43. The molecule has 0 spiro atoms. The van der Waals surface area contributed by atoms with Gasteiger partial charge in [-0.1, -0.05) is 60.7 Å². The van der Waals surface area contributed by atoms with Crippen molar-refractivity contribution in [2.24, 2.45) is 0 Å². The number of esters is 2. The molecule has 2 rings (SSSR count). The summed E-state index contributed by atoms with van der Waals surface area (Å²) in [6.45, 7) is -0.481. The van der Waals surface area contributed by atoms with Gasteiger partial charge in [0, 0.05) is 13.1 Å². The van der Waals surface area contributed by atoms with E-state index in [4.69, 9.17) is 9.47 Å². The third kappa shape index (κ3) is 9.50. The number of ether oxygens (including phenoxy) is 2. The summed E-state index contributed by atoms with van der Waals surface area (Å²) in [5.74, 6) is -1.94. The van der Waals surface area contributed by atoms with Crippen LogP contribution in [0.3, 0.4) is 0 Å². The molecule has 8 heteroatoms. The van der Waals surface area contributed by atoms with Crippen molar-refractivity contribution >= 4 is 23.8 Å². The van der Waals surface area contributed by atoms with Gasteiger partial charge in [0.05, 0.1) is 12.8 Å². The lowest BCUT2D eigenvalue weighted by molar-refractivity contribution is -0.148. The number of benzene rings is 2. The van der Waals surface area contributed by atoms with Crippen molar-refractivity contribution in [3.63, 3.8) is 0 Å². The van der Waals surface area contributed by atoms with Gasteiger partial charge in [-0.2, -0.15) is 0 Å². The van der Waals surface area contributed by atoms with E-state index in [9.17, 15) is 19.2 Å². The standard InChI is InChI=1S/C22H24N2O6/c25-19(15-29-21(27)13-17-7-3-1-4-8-17)23-11-12-24-20(26)16-30-22(28)14-18-9-5-2-6-10-18/h1-10H,11-16H2,(H,23,25)(H,24,26). The van der Waals surface area contributed by atoms with Crippen molar-refractivity contribution in [3.8, 4) is 0 Å². The molecule has 158 valence electrons. The van der Waals surface area contributed by atoms with Gasteiger partial charge in [-0.3, -0.25) is 19.2 Å². The third-order valence-electron chi connectivity index (χ3n) is 3.88. The monoisotopic (exact) mass is 412 g/mol. The lowest BCUT2D eigenvalue weighted by Gasteiger charge is -2.08. The second-order valence-electron chi connectivity index (χ2n) is 6.35. The SMILES string of the molecule is O=C(COC(=O)Cc1ccccc1)NCCNC(=O)COC(=O)Cc1ccccc1. The maximum absolute atomic E-state index is 11.7. The van der Waals surface area contributed by atoms with E-state index in [0.717, 1.165) is 11.1 Å². The minimum Gasteiger partial charge on any atom is -0.455 e. The smallest absolute Gasteiger partial charge is 0.310 e. The molecule has 2 amide bonds. The molecule has 0 saturated heterocycles. The first kappa shape index (κ1) is 22.6. The average molecular weight is 412 g/mol. The molecule has 2 aromatic carbocycles. The zero-order valence-corrected chi connectivity index (χ0v) is 16.5. The van der Waals surface area contributed by atoms with Gasteiger partial charge < -0.3 is 20.1 Å². The van der Waals surface area contributed by atoms with Gasteiger partial charge in [0.2, 0.25) is 0 Å². The number of amides is 2. The molecule has 0 radical (unpaired) electrons. The van der Waals surface area contributed by atoms with Crippen LogP contribution >= 0.6 is 0 Å². The number of carbonyl (C=O) groups excluding carboxylic acids is 4. The van der Waals surface area contributed by atoms with E-state index in [2.05, 4.69) is 10.6 Å². The fourth-order valence-corrected chi connectivity index (χ4v) is 2.43. The molecule has 0 aliphatic heterocycles. The first-order chi connectivity index (χ1) is 14.5. The summed E-state index contributed by atoms with van der Waals surface area (Å²) in [5, 5.41) is 5.03. The molecule has 0 aromatic heterocycles. The Morgan fingerprint density at radius 3 is 1.33 bits per heavy atom. The summed E-state index contributed by atoms with van der Waals surface area (Å²) in [6, 6.07) is 18.1. The Balaban J connectivity index is 1.50. The second-order valence-corrected chi connectivity index (χ2v) is 6.35. The van der Waals surface area contributed by atoms with Gasteiger partial charge in [-0.25, -0.2) is 0 Å². The number of nitrogens with one attached hydrogen (secondary N) is 2. The minimum absolute atomic E-state index is 0.0904. The van der Waals surface area contributed by atoms with E-state index in [1.165, 1.54) is 0 Å². The van der Waals surface area contributed by atoms with Crippen LogP contribution in [0.15, 0.2) is 60.7 Å². The summed E-state index contributed by atoms with van der Waals surface area (Å²) >= 11 is 0. The van der Waals surface area contributed by atoms with Gasteiger partial charge in [-0.05, 0) is 11.1 Å². The molecule has 8 nitrogen and oxygen atoms in total. The van der Waals surface area contributed by atoms with Gasteiger partial charge in [0.15, 0.2) is 13.2 Å². The summed E-state index contributed by atoms with van der Waals surface area (Å²) in [5.41, 5.74) is 1.60. The van der Waals surface area contributed by atoms with Crippen LogP contribution in [0.25, 0.3) is 0 Å². The highest BCUT2D eigenvalue weighted by molar-refractivity contribution is 5.82. The Morgan fingerprint density at radius 1 is 0.600 bits per heavy atom. The quantitative estimate of drug-likeness (QED) is 0.417. The van der Waals surface area contributed by atoms with Crippen LogP contribution in [0.1, 0.15) is 11.1 Å². The third-order valence-corrected chi connectivity index (χ3v) is 3.88. The molecule has 30 heavy (non-hydrogen) atoms. The number of hydrogen-bond donors (Lipinski definition) is 2. The van der Waals surface area contributed by atoms with Gasteiger partial charge in [0.25, 0.3) is 11.8 Å². The maximum Gasteiger partial charge on any atom is 0.310 e. The predicted octanol–water partition coefficient (Wildman–Crippen LogP) is 0.791. The van der Waals surface area contributed by atoms with Crippen molar-refractivity contribution < 1.29 is 28.7 Å². The van der Waals surface area contributed by atoms with Crippen molar-refractivity contribution in [2.45, 2.75) is 12.8 Å². The Kier molecular flexibility index (Phi) is 9.58. The van der Waals surface area contributed by atoms with Crippen LogP contribution in [-0.2, 0) is 41.5 Å². The Bertz CT molecular complexity index is 768. The highest BCUT2D eigenvalue weighted by atomic mass is 16.5. The number of hydrogen-bond acceptors (Lipinski definition) is 6. The van der Waals surface area contributed by atoms with Crippen LogP contribution in [0.5, 0.6) is 0 Å². The lowest BCUT2D eigenvalue weighted by atomic mass is 10.2. The van der Waals surface area contributed by atoms with Crippen LogP contribution < -0.4 is 10.6 Å². The van der Waals surface area contributed by atoms with E-state index < -0.39 is 37.0 Å². The molecular weight excluding hydrogens is 388 g/mol. The zero-order chi connectivity index (χ0) is 21.6. The van der Waals surface area contributed by atoms with Crippen LogP contribution in [-0.4, -0.2) is 50.1 Å². The molecule has 0 fully saturated rings. The van der Waals surface area contributed by atoms with Crippen molar-refractivity contribution in [2.75, 3.05) is 26.3 Å². The highest BCUT2D eigenvalue weighted by Crippen LogP contribution is 2.01. The van der Waals surface area contributed by atoms with E-state index in [0.29, 0.717) is 0 Å². The Morgan fingerprint density at radius 2 is 0.967 bits per heavy atom. The van der Waals surface area contributed by atoms with E-state index in [-0.39, 0.29) is 25.9 Å². The molecule has 2 aromatic rings. The van der Waals surface area contributed by atoms with Crippen molar-refractivity contribution in [3.05, 3.63) is 71.8 Å². The highest BCUT2D eigenvalue weighted by Gasteiger charge is 2.10. The van der Waals surface area contributed by atoms with Gasteiger partial charge in [-0.15, -0.1) is 0 Å². The number of carbonyl (C=O) groups is 4. The first-order valence-electron chi connectivity index (χ1n) is 9.45. The molecule has 0 heterocycles. The molecule has 2 N–H and O–H groups in total. The predicted molar refractivity (Wildman–Crippen MR) is 108 cm³/mol. The topological polar surface area (TPSA) is 111 Å². The Hall–Kier alpha value is -3.68. The van der Waals surface area contributed by atoms with E-state index >= 15 is 0 Å². The summed E-state index contributed by atoms with van der Waals surface area (Å²) < 4.78 is 9.81. The minimum atomic E-state index is -0.498. The van der Waals surface area contributed by atoms with Gasteiger partial charge >= 0.3 is 11.9 Å². The summed E-state index contributed by atoms with van der Waals surface area (Å²) in [6.07, 6.45) is 0.181. The largest absolute Gasteiger partial charge is 0.455 e. The maximum atomic E-state index is 11.7. The molecule has 0 unspecified atom stereocenters. The number of rotatable bonds is 11. The summed E-state index contributed by atoms with van der Waals surface area (Å²) in [7, 11) is 0. The normalized spacial score (nSPS) is 10.0. The second kappa shape index (κ2) is 12.7. The molecular formula is C22H24N2O6. The fraction of sp³-hybridized carbons (Fsp3) is 0.273. The van der Waals surface area contributed by atoms with E-state index in [1.54, 1.807) is 24.3 Å². The van der Waals surface area contributed by atoms with Crippen LogP contribution in [0, 0.1) is 0 Å². The molecule has 0 aliphatic rings. The first-order valence-corrected chi connectivity index (χ1v) is 9.45. The molecule has 0 aliphatic carbocycles. The van der Waals surface area contributed by atoms with Gasteiger partial charge in [0.1, 0.15) is 0 Å². The molecule has 0 bridgehead atoms. The van der Waals surface area contributed by atoms with E-state index in [1.807, 2.05) is 36.4 Å². The van der Waals surface area contributed by atoms with Crippen molar-refractivity contribution in [1.29, 1.82) is 0 Å². The lowest BCUT2D eigenvalue weighted by Crippen LogP contribution is -2.38.